The minimum absolute atomic E-state index is 0.302. The Balaban J connectivity index is 2.37. The third-order valence-electron chi connectivity index (χ3n) is 2.34. The van der Waals surface area contributed by atoms with Crippen LogP contribution in [0.5, 0.6) is 0 Å². The average Bonchev–Trinajstić information content (AvgIpc) is 2.26. The fourth-order valence-electron chi connectivity index (χ4n) is 1.40. The van der Waals surface area contributed by atoms with Gasteiger partial charge in [0.15, 0.2) is 0 Å². The van der Waals surface area contributed by atoms with Gasteiger partial charge in [0.25, 0.3) is 5.56 Å². The van der Waals surface area contributed by atoms with Crippen molar-refractivity contribution < 1.29 is 0 Å². The SMILES string of the molecule is Cc1cccc(Sc2cc(=O)n(C)c(=O)[nH]2)c1. The lowest BCUT2D eigenvalue weighted by Crippen LogP contribution is -2.31. The highest BCUT2D eigenvalue weighted by atomic mass is 32.2. The van der Waals surface area contributed by atoms with E-state index < -0.39 is 5.69 Å². The number of H-pyrrole nitrogens is 1. The second kappa shape index (κ2) is 4.63. The molecule has 1 aromatic carbocycles. The minimum atomic E-state index is -0.396. The summed E-state index contributed by atoms with van der Waals surface area (Å²) in [5, 5.41) is 0.559. The van der Waals surface area contributed by atoms with Crippen LogP contribution in [-0.2, 0) is 7.05 Å². The first-order valence-electron chi connectivity index (χ1n) is 5.11. The molecule has 0 aliphatic rings. The van der Waals surface area contributed by atoms with Gasteiger partial charge in [-0.15, -0.1) is 0 Å². The lowest BCUT2D eigenvalue weighted by Gasteiger charge is -2.03. The number of nitrogens with one attached hydrogen (secondary N) is 1. The summed E-state index contributed by atoms with van der Waals surface area (Å²) in [6.07, 6.45) is 0. The Kier molecular flexibility index (Phi) is 3.19. The van der Waals surface area contributed by atoms with Crippen molar-refractivity contribution in [2.45, 2.75) is 16.8 Å². The molecule has 0 atom stereocenters. The number of rotatable bonds is 2. The highest BCUT2D eigenvalue weighted by Gasteiger charge is 2.02. The number of benzene rings is 1. The minimum Gasteiger partial charge on any atom is -0.301 e. The van der Waals surface area contributed by atoms with Gasteiger partial charge in [-0.25, -0.2) is 4.79 Å². The fraction of sp³-hybridized carbons (Fsp3) is 0.167. The van der Waals surface area contributed by atoms with Crippen LogP contribution in [0.25, 0.3) is 0 Å². The Hall–Kier alpha value is -1.75. The molecule has 0 amide bonds. The van der Waals surface area contributed by atoms with Gasteiger partial charge in [0.1, 0.15) is 0 Å². The van der Waals surface area contributed by atoms with Crippen LogP contribution in [0.2, 0.25) is 0 Å². The largest absolute Gasteiger partial charge is 0.328 e. The molecule has 1 aromatic heterocycles. The number of hydrogen-bond donors (Lipinski definition) is 1. The first-order chi connectivity index (χ1) is 8.06. The van der Waals surface area contributed by atoms with Crippen molar-refractivity contribution in [3.63, 3.8) is 0 Å². The molecular formula is C12H12N2O2S. The molecule has 88 valence electrons. The van der Waals surface area contributed by atoms with Gasteiger partial charge in [0.05, 0.1) is 5.03 Å². The van der Waals surface area contributed by atoms with Crippen LogP contribution in [0, 0.1) is 6.92 Å². The summed E-state index contributed by atoms with van der Waals surface area (Å²) in [6, 6.07) is 9.30. The Labute approximate surface area is 102 Å². The van der Waals surface area contributed by atoms with Crippen molar-refractivity contribution in [3.8, 4) is 0 Å². The summed E-state index contributed by atoms with van der Waals surface area (Å²) in [5.41, 5.74) is 0.442. The van der Waals surface area contributed by atoms with Crippen LogP contribution in [0.4, 0.5) is 0 Å². The molecule has 1 N–H and O–H groups in total. The van der Waals surface area contributed by atoms with Crippen LogP contribution in [-0.4, -0.2) is 9.55 Å². The zero-order valence-corrected chi connectivity index (χ0v) is 10.4. The summed E-state index contributed by atoms with van der Waals surface area (Å²) in [5.74, 6) is 0. The van der Waals surface area contributed by atoms with E-state index in [9.17, 15) is 9.59 Å². The molecule has 0 spiro atoms. The van der Waals surface area contributed by atoms with Gasteiger partial charge < -0.3 is 4.98 Å². The van der Waals surface area contributed by atoms with E-state index in [0.29, 0.717) is 5.03 Å². The van der Waals surface area contributed by atoms with Crippen LogP contribution in [0.1, 0.15) is 5.56 Å². The summed E-state index contributed by atoms with van der Waals surface area (Å²) in [6.45, 7) is 2.00. The van der Waals surface area contributed by atoms with Crippen molar-refractivity contribution in [2.24, 2.45) is 7.05 Å². The molecule has 5 heteroatoms. The van der Waals surface area contributed by atoms with Gasteiger partial charge in [0.2, 0.25) is 0 Å². The van der Waals surface area contributed by atoms with Gasteiger partial charge in [-0.2, -0.15) is 0 Å². The molecule has 0 fully saturated rings. The zero-order chi connectivity index (χ0) is 12.4. The maximum atomic E-state index is 11.4. The molecule has 0 unspecified atom stereocenters. The molecular weight excluding hydrogens is 236 g/mol. The van der Waals surface area contributed by atoms with E-state index >= 15 is 0 Å². The number of aryl methyl sites for hydroxylation is 1. The average molecular weight is 248 g/mol. The first kappa shape index (κ1) is 11.7. The molecule has 17 heavy (non-hydrogen) atoms. The van der Waals surface area contributed by atoms with Crippen LogP contribution >= 0.6 is 11.8 Å². The maximum Gasteiger partial charge on any atom is 0.328 e. The lowest BCUT2D eigenvalue weighted by molar-refractivity contribution is 0.748. The van der Waals surface area contributed by atoms with E-state index in [1.54, 1.807) is 0 Å². The summed E-state index contributed by atoms with van der Waals surface area (Å²) in [7, 11) is 1.45. The molecule has 1 heterocycles. The molecule has 2 rings (SSSR count). The van der Waals surface area contributed by atoms with Crippen molar-refractivity contribution in [2.75, 3.05) is 0 Å². The van der Waals surface area contributed by atoms with Crippen LogP contribution < -0.4 is 11.2 Å². The van der Waals surface area contributed by atoms with E-state index in [-0.39, 0.29) is 5.56 Å². The van der Waals surface area contributed by atoms with Gasteiger partial charge in [-0.3, -0.25) is 9.36 Å². The molecule has 0 aliphatic heterocycles. The van der Waals surface area contributed by atoms with Crippen LogP contribution in [0.15, 0.2) is 49.8 Å². The van der Waals surface area contributed by atoms with Gasteiger partial charge >= 0.3 is 5.69 Å². The maximum absolute atomic E-state index is 11.4. The van der Waals surface area contributed by atoms with Gasteiger partial charge in [-0.05, 0) is 19.1 Å². The van der Waals surface area contributed by atoms with E-state index in [2.05, 4.69) is 4.98 Å². The van der Waals surface area contributed by atoms with Crippen molar-refractivity contribution >= 4 is 11.8 Å². The predicted octanol–water partition coefficient (Wildman–Crippen LogP) is 1.53. The Morgan fingerprint density at radius 1 is 1.24 bits per heavy atom. The summed E-state index contributed by atoms with van der Waals surface area (Å²) in [4.78, 5) is 26.5. The number of aromatic amines is 1. The van der Waals surface area contributed by atoms with E-state index in [1.165, 1.54) is 24.9 Å². The second-order valence-corrected chi connectivity index (χ2v) is 4.87. The van der Waals surface area contributed by atoms with Gasteiger partial charge in [0, 0.05) is 18.0 Å². The van der Waals surface area contributed by atoms with Crippen molar-refractivity contribution in [3.05, 3.63) is 56.7 Å². The topological polar surface area (TPSA) is 54.9 Å². The highest BCUT2D eigenvalue weighted by Crippen LogP contribution is 2.24. The number of hydrogen-bond acceptors (Lipinski definition) is 3. The standard InChI is InChI=1S/C12H12N2O2S/c1-8-4-3-5-9(6-8)17-10-7-11(15)14(2)12(16)13-10/h3-7H,1-2H3,(H,13,16). The van der Waals surface area contributed by atoms with Crippen molar-refractivity contribution in [1.82, 2.24) is 9.55 Å². The number of nitrogens with zero attached hydrogens (tertiary/aromatic N) is 1. The zero-order valence-electron chi connectivity index (χ0n) is 9.56. The monoisotopic (exact) mass is 248 g/mol. The first-order valence-corrected chi connectivity index (χ1v) is 5.93. The smallest absolute Gasteiger partial charge is 0.301 e. The molecule has 4 nitrogen and oxygen atoms in total. The molecule has 0 aliphatic carbocycles. The molecule has 0 saturated heterocycles. The molecule has 0 bridgehead atoms. The highest BCUT2D eigenvalue weighted by molar-refractivity contribution is 7.99. The van der Waals surface area contributed by atoms with Gasteiger partial charge in [-0.1, -0.05) is 29.5 Å². The molecule has 0 saturated carbocycles. The molecule has 2 aromatic rings. The normalized spacial score (nSPS) is 10.5. The third kappa shape index (κ3) is 2.68. The van der Waals surface area contributed by atoms with Crippen LogP contribution in [0.3, 0.4) is 0 Å². The summed E-state index contributed by atoms with van der Waals surface area (Å²) >= 11 is 1.37. The van der Waals surface area contributed by atoms with E-state index in [1.807, 2.05) is 31.2 Å². The quantitative estimate of drug-likeness (QED) is 0.820. The summed E-state index contributed by atoms with van der Waals surface area (Å²) < 4.78 is 1.04. The second-order valence-electron chi connectivity index (χ2n) is 3.75. The lowest BCUT2D eigenvalue weighted by atomic mass is 10.2. The van der Waals surface area contributed by atoms with E-state index in [0.717, 1.165) is 15.0 Å². The number of aromatic nitrogens is 2. The predicted molar refractivity (Wildman–Crippen MR) is 67.6 cm³/mol. The Morgan fingerprint density at radius 3 is 2.65 bits per heavy atom. The fourth-order valence-corrected chi connectivity index (χ4v) is 2.34. The molecule has 0 radical (unpaired) electrons. The Bertz CT molecular complexity index is 627. The van der Waals surface area contributed by atoms with E-state index in [4.69, 9.17) is 0 Å². The Morgan fingerprint density at radius 2 is 2.00 bits per heavy atom. The third-order valence-corrected chi connectivity index (χ3v) is 3.27. The van der Waals surface area contributed by atoms with Crippen molar-refractivity contribution in [1.29, 1.82) is 0 Å².